The standard InChI is InChI=1S/C37H47N3O6/c1-21(2)25-11-13-26(14-12-25)38-34(41)31-29-16-18-37(46-29)32(31)36(43)40(19-17-24-10-15-28(44-5)30(20-24)45-6)33(37)35(42)39-27-9-7-8-22(3)23(27)4/h10-16,18,20-23,27,29,31-33H,7-9,17,19H2,1-6H3,(H,38,41)(H,39,42)/t22?,23?,27?,29-,31?,32-,33?,37?/m1/s1. The van der Waals surface area contributed by atoms with Crippen molar-refractivity contribution in [3.8, 4) is 11.5 Å². The highest BCUT2D eigenvalue weighted by Gasteiger charge is 2.72. The first-order valence-electron chi connectivity index (χ1n) is 16.7. The Morgan fingerprint density at radius 1 is 1.02 bits per heavy atom. The van der Waals surface area contributed by atoms with Crippen LogP contribution >= 0.6 is 0 Å². The van der Waals surface area contributed by atoms with Crippen molar-refractivity contribution in [1.82, 2.24) is 10.2 Å². The minimum absolute atomic E-state index is 0.0185. The van der Waals surface area contributed by atoms with Crippen molar-refractivity contribution in [2.24, 2.45) is 23.7 Å². The summed E-state index contributed by atoms with van der Waals surface area (Å²) >= 11 is 0. The van der Waals surface area contributed by atoms with Crippen molar-refractivity contribution in [1.29, 1.82) is 0 Å². The first kappa shape index (κ1) is 32.1. The van der Waals surface area contributed by atoms with Gasteiger partial charge in [-0.3, -0.25) is 14.4 Å². The van der Waals surface area contributed by atoms with Crippen LogP contribution in [0.4, 0.5) is 5.69 Å². The number of hydrogen-bond donors (Lipinski definition) is 2. The van der Waals surface area contributed by atoms with Gasteiger partial charge in [-0.15, -0.1) is 0 Å². The second-order valence-electron chi connectivity index (χ2n) is 13.8. The number of nitrogens with one attached hydrogen (secondary N) is 2. The topological polar surface area (TPSA) is 106 Å². The molecule has 246 valence electrons. The summed E-state index contributed by atoms with van der Waals surface area (Å²) in [6, 6.07) is 12.6. The van der Waals surface area contributed by atoms with E-state index in [2.05, 4.69) is 38.3 Å². The normalized spacial score (nSPS) is 31.2. The minimum Gasteiger partial charge on any atom is -0.493 e. The quantitative estimate of drug-likeness (QED) is 0.355. The molecule has 9 nitrogen and oxygen atoms in total. The Hall–Kier alpha value is -3.85. The summed E-state index contributed by atoms with van der Waals surface area (Å²) in [5.41, 5.74) is 1.57. The largest absolute Gasteiger partial charge is 0.493 e. The molecule has 6 unspecified atom stereocenters. The van der Waals surface area contributed by atoms with Crippen LogP contribution in [0.5, 0.6) is 11.5 Å². The van der Waals surface area contributed by atoms with Crippen molar-refractivity contribution in [3.05, 3.63) is 65.7 Å². The predicted molar refractivity (Wildman–Crippen MR) is 176 cm³/mol. The number of anilines is 1. The average Bonchev–Trinajstić information content (AvgIpc) is 3.69. The van der Waals surface area contributed by atoms with Crippen molar-refractivity contribution in [3.63, 3.8) is 0 Å². The maximum Gasteiger partial charge on any atom is 0.246 e. The van der Waals surface area contributed by atoms with E-state index in [4.69, 9.17) is 14.2 Å². The molecule has 3 fully saturated rings. The second kappa shape index (κ2) is 12.7. The van der Waals surface area contributed by atoms with E-state index in [1.807, 2.05) is 54.6 Å². The van der Waals surface area contributed by atoms with E-state index in [0.29, 0.717) is 41.4 Å². The number of benzene rings is 2. The summed E-state index contributed by atoms with van der Waals surface area (Å²) in [5, 5.41) is 6.36. The van der Waals surface area contributed by atoms with Gasteiger partial charge in [0.25, 0.3) is 0 Å². The number of hydrogen-bond acceptors (Lipinski definition) is 6. The van der Waals surface area contributed by atoms with E-state index < -0.39 is 29.6 Å². The molecule has 1 spiro atoms. The molecular weight excluding hydrogens is 582 g/mol. The first-order chi connectivity index (χ1) is 22.1. The molecule has 1 saturated carbocycles. The molecule has 3 amide bonds. The number of ether oxygens (including phenoxy) is 3. The lowest BCUT2D eigenvalue weighted by atomic mass is 9.73. The van der Waals surface area contributed by atoms with Gasteiger partial charge in [-0.1, -0.05) is 70.9 Å². The molecule has 1 aliphatic carbocycles. The fourth-order valence-electron chi connectivity index (χ4n) is 8.02. The zero-order valence-corrected chi connectivity index (χ0v) is 27.7. The molecule has 8 atom stereocenters. The number of methoxy groups -OCH3 is 2. The van der Waals surface area contributed by atoms with E-state index in [1.54, 1.807) is 19.1 Å². The molecule has 2 bridgehead atoms. The summed E-state index contributed by atoms with van der Waals surface area (Å²) in [4.78, 5) is 44.3. The van der Waals surface area contributed by atoms with Crippen LogP contribution in [-0.2, 0) is 25.5 Å². The van der Waals surface area contributed by atoms with Crippen LogP contribution in [0.25, 0.3) is 0 Å². The van der Waals surface area contributed by atoms with E-state index in [1.165, 1.54) is 5.56 Å². The zero-order chi connectivity index (χ0) is 32.7. The molecule has 6 rings (SSSR count). The Bertz CT molecular complexity index is 1500. The van der Waals surface area contributed by atoms with Crippen molar-refractivity contribution >= 4 is 23.4 Å². The van der Waals surface area contributed by atoms with Gasteiger partial charge in [0.05, 0.1) is 32.2 Å². The fraction of sp³-hybridized carbons (Fsp3) is 0.541. The lowest BCUT2D eigenvalue weighted by molar-refractivity contribution is -0.141. The van der Waals surface area contributed by atoms with Gasteiger partial charge in [-0.25, -0.2) is 0 Å². The smallest absolute Gasteiger partial charge is 0.246 e. The summed E-state index contributed by atoms with van der Waals surface area (Å²) in [5.74, 6) is 0.128. The van der Waals surface area contributed by atoms with Gasteiger partial charge in [0.15, 0.2) is 11.5 Å². The van der Waals surface area contributed by atoms with Crippen LogP contribution in [0, 0.1) is 23.7 Å². The second-order valence-corrected chi connectivity index (χ2v) is 13.8. The number of amides is 3. The molecule has 3 aliphatic heterocycles. The molecule has 0 aromatic heterocycles. The lowest BCUT2D eigenvalue weighted by Gasteiger charge is -2.38. The summed E-state index contributed by atoms with van der Waals surface area (Å²) in [7, 11) is 3.18. The monoisotopic (exact) mass is 629 g/mol. The summed E-state index contributed by atoms with van der Waals surface area (Å²) in [6.45, 7) is 8.95. The third-order valence-electron chi connectivity index (χ3n) is 10.9. The molecule has 3 heterocycles. The maximum atomic E-state index is 14.4. The van der Waals surface area contributed by atoms with Gasteiger partial charge < -0.3 is 29.7 Å². The number of carbonyl (C=O) groups excluding carboxylic acids is 3. The number of fused-ring (bicyclic) bond motifs is 1. The molecule has 2 saturated heterocycles. The SMILES string of the molecule is COc1ccc(CCN2C(=O)[C@H]3C(C(=O)Nc4ccc(C(C)C)cc4)[C@H]4C=CC3(O4)C2C(=O)NC2CCCC(C)C2C)cc1OC. The molecular formula is C37H47N3O6. The Balaban J connectivity index is 1.28. The first-order valence-corrected chi connectivity index (χ1v) is 16.7. The molecule has 2 N–H and O–H groups in total. The highest BCUT2D eigenvalue weighted by atomic mass is 16.5. The van der Waals surface area contributed by atoms with E-state index in [0.717, 1.165) is 24.8 Å². The highest BCUT2D eigenvalue weighted by Crippen LogP contribution is 2.55. The van der Waals surface area contributed by atoms with Gasteiger partial charge in [-0.2, -0.15) is 0 Å². The third-order valence-corrected chi connectivity index (χ3v) is 10.9. The molecule has 9 heteroatoms. The van der Waals surface area contributed by atoms with Crippen LogP contribution in [0.1, 0.15) is 64.0 Å². The van der Waals surface area contributed by atoms with Crippen LogP contribution in [0.15, 0.2) is 54.6 Å². The van der Waals surface area contributed by atoms with Crippen molar-refractivity contribution in [2.75, 3.05) is 26.1 Å². The molecule has 2 aromatic rings. The van der Waals surface area contributed by atoms with Crippen molar-refractivity contribution < 1.29 is 28.6 Å². The molecule has 0 radical (unpaired) electrons. The van der Waals surface area contributed by atoms with Gasteiger partial charge >= 0.3 is 0 Å². The highest BCUT2D eigenvalue weighted by molar-refractivity contribution is 6.02. The number of carbonyl (C=O) groups is 3. The van der Waals surface area contributed by atoms with Crippen LogP contribution < -0.4 is 20.1 Å². The zero-order valence-electron chi connectivity index (χ0n) is 27.7. The number of nitrogens with zero attached hydrogens (tertiary/aromatic N) is 1. The lowest BCUT2D eigenvalue weighted by Crippen LogP contribution is -2.58. The van der Waals surface area contributed by atoms with Crippen LogP contribution in [0.2, 0.25) is 0 Å². The Kier molecular flexibility index (Phi) is 8.89. The Labute approximate surface area is 272 Å². The predicted octanol–water partition coefficient (Wildman–Crippen LogP) is 5.10. The van der Waals surface area contributed by atoms with Gasteiger partial charge in [0.1, 0.15) is 11.6 Å². The van der Waals surface area contributed by atoms with Gasteiger partial charge in [0, 0.05) is 18.3 Å². The van der Waals surface area contributed by atoms with Crippen molar-refractivity contribution in [2.45, 2.75) is 83.1 Å². The maximum absolute atomic E-state index is 14.4. The van der Waals surface area contributed by atoms with Gasteiger partial charge in [-0.05, 0) is 66.0 Å². The average molecular weight is 630 g/mol. The number of rotatable bonds is 10. The van der Waals surface area contributed by atoms with E-state index in [9.17, 15) is 14.4 Å². The summed E-state index contributed by atoms with van der Waals surface area (Å²) < 4.78 is 17.5. The number of likely N-dealkylation sites (tertiary alicyclic amines) is 1. The molecule has 46 heavy (non-hydrogen) atoms. The Morgan fingerprint density at radius 3 is 2.46 bits per heavy atom. The fourth-order valence-corrected chi connectivity index (χ4v) is 8.02. The third kappa shape index (κ3) is 5.57. The van der Waals surface area contributed by atoms with E-state index >= 15 is 0 Å². The summed E-state index contributed by atoms with van der Waals surface area (Å²) in [6.07, 6.45) is 6.73. The minimum atomic E-state index is -1.21. The Morgan fingerprint density at radius 2 is 1.76 bits per heavy atom. The molecule has 2 aromatic carbocycles. The van der Waals surface area contributed by atoms with E-state index in [-0.39, 0.29) is 30.3 Å². The van der Waals surface area contributed by atoms with Gasteiger partial charge in [0.2, 0.25) is 17.7 Å². The molecule has 4 aliphatic rings. The van der Waals surface area contributed by atoms with Crippen LogP contribution in [-0.4, -0.2) is 67.2 Å². The van der Waals surface area contributed by atoms with Crippen LogP contribution in [0.3, 0.4) is 0 Å².